The third kappa shape index (κ3) is 1.96. The van der Waals surface area contributed by atoms with Crippen LogP contribution in [-0.2, 0) is 0 Å². The Balaban J connectivity index is 2.47. The van der Waals surface area contributed by atoms with Crippen molar-refractivity contribution in [3.05, 3.63) is 0 Å². The van der Waals surface area contributed by atoms with Gasteiger partial charge in [-0.2, -0.15) is 5.10 Å². The van der Waals surface area contributed by atoms with Gasteiger partial charge in [0.2, 0.25) is 0 Å². The summed E-state index contributed by atoms with van der Waals surface area (Å²) in [5.74, 6) is 0. The molecule has 4 heteroatoms. The van der Waals surface area contributed by atoms with Crippen LogP contribution < -0.4 is 5.32 Å². The molecule has 0 aromatic rings. The van der Waals surface area contributed by atoms with Gasteiger partial charge in [0, 0.05) is 18.7 Å². The first-order valence-corrected chi connectivity index (χ1v) is 4.23. The zero-order chi connectivity index (χ0) is 9.14. The van der Waals surface area contributed by atoms with Gasteiger partial charge in [-0.05, 0) is 20.8 Å². The van der Waals surface area contributed by atoms with Crippen LogP contribution in [0.4, 0.5) is 4.79 Å². The molecule has 1 rings (SSSR count). The fourth-order valence-corrected chi connectivity index (χ4v) is 1.07. The highest BCUT2D eigenvalue weighted by atomic mass is 16.2. The van der Waals surface area contributed by atoms with E-state index in [9.17, 15) is 4.79 Å². The van der Waals surface area contributed by atoms with E-state index >= 15 is 0 Å². The van der Waals surface area contributed by atoms with Crippen LogP contribution in [0, 0.1) is 0 Å². The van der Waals surface area contributed by atoms with Crippen molar-refractivity contribution in [1.82, 2.24) is 10.3 Å². The SMILES string of the molecule is CC(C)NC(=O)N1N=CCC1C. The molecule has 1 aliphatic heterocycles. The molecule has 0 aliphatic carbocycles. The molecule has 68 valence electrons. The molecule has 1 atom stereocenters. The molecule has 2 amide bonds. The van der Waals surface area contributed by atoms with Gasteiger partial charge in [0.05, 0.1) is 6.04 Å². The zero-order valence-electron chi connectivity index (χ0n) is 7.74. The van der Waals surface area contributed by atoms with E-state index in [0.29, 0.717) is 0 Å². The summed E-state index contributed by atoms with van der Waals surface area (Å²) in [6.07, 6.45) is 2.62. The Hall–Kier alpha value is -1.06. The lowest BCUT2D eigenvalue weighted by atomic mass is 10.3. The summed E-state index contributed by atoms with van der Waals surface area (Å²) in [6, 6.07) is 0.260. The first-order chi connectivity index (χ1) is 5.61. The number of carbonyl (C=O) groups excluding carboxylic acids is 1. The quantitative estimate of drug-likeness (QED) is 0.629. The Morgan fingerprint density at radius 3 is 2.83 bits per heavy atom. The molecular formula is C8H15N3O. The number of nitrogens with one attached hydrogen (secondary N) is 1. The Labute approximate surface area is 72.6 Å². The summed E-state index contributed by atoms with van der Waals surface area (Å²) in [6.45, 7) is 5.84. The van der Waals surface area contributed by atoms with E-state index in [0.717, 1.165) is 6.42 Å². The van der Waals surface area contributed by atoms with Crippen LogP contribution in [0.3, 0.4) is 0 Å². The van der Waals surface area contributed by atoms with Crippen LogP contribution in [0.25, 0.3) is 0 Å². The van der Waals surface area contributed by atoms with Crippen molar-refractivity contribution in [3.8, 4) is 0 Å². The minimum atomic E-state index is -0.105. The molecule has 0 radical (unpaired) electrons. The first-order valence-electron chi connectivity index (χ1n) is 4.23. The zero-order valence-corrected chi connectivity index (χ0v) is 7.74. The van der Waals surface area contributed by atoms with Crippen LogP contribution in [0.15, 0.2) is 5.10 Å². The third-order valence-corrected chi connectivity index (χ3v) is 1.69. The standard InChI is InChI=1S/C8H15N3O/c1-6(2)10-8(12)11-7(3)4-5-9-11/h5-7H,4H2,1-3H3,(H,10,12). The molecule has 12 heavy (non-hydrogen) atoms. The highest BCUT2D eigenvalue weighted by Crippen LogP contribution is 2.09. The van der Waals surface area contributed by atoms with Gasteiger partial charge in [0.15, 0.2) is 0 Å². The average Bonchev–Trinajstić information content (AvgIpc) is 2.33. The number of hydrogen-bond donors (Lipinski definition) is 1. The lowest BCUT2D eigenvalue weighted by Gasteiger charge is -2.19. The van der Waals surface area contributed by atoms with Gasteiger partial charge < -0.3 is 5.32 Å². The second-order valence-corrected chi connectivity index (χ2v) is 3.33. The lowest BCUT2D eigenvalue weighted by molar-refractivity contribution is 0.187. The first kappa shape index (κ1) is 9.03. The number of hydrogen-bond acceptors (Lipinski definition) is 2. The Bertz CT molecular complexity index is 200. The van der Waals surface area contributed by atoms with Gasteiger partial charge in [-0.15, -0.1) is 0 Å². The number of nitrogens with zero attached hydrogens (tertiary/aromatic N) is 2. The fraction of sp³-hybridized carbons (Fsp3) is 0.750. The number of hydrazone groups is 1. The predicted octanol–water partition coefficient (Wildman–Crippen LogP) is 1.18. The average molecular weight is 169 g/mol. The maximum absolute atomic E-state index is 11.4. The van der Waals surface area contributed by atoms with Crippen LogP contribution in [0.2, 0.25) is 0 Å². The van der Waals surface area contributed by atoms with Gasteiger partial charge in [-0.1, -0.05) is 0 Å². The van der Waals surface area contributed by atoms with Gasteiger partial charge in [-0.3, -0.25) is 0 Å². The maximum atomic E-state index is 11.4. The molecule has 0 fully saturated rings. The second-order valence-electron chi connectivity index (χ2n) is 3.33. The minimum absolute atomic E-state index is 0.105. The lowest BCUT2D eigenvalue weighted by Crippen LogP contribution is -2.42. The highest BCUT2D eigenvalue weighted by Gasteiger charge is 2.22. The van der Waals surface area contributed by atoms with Gasteiger partial charge in [0.1, 0.15) is 0 Å². The van der Waals surface area contributed by atoms with Crippen molar-refractivity contribution < 1.29 is 4.79 Å². The molecule has 1 aliphatic rings. The van der Waals surface area contributed by atoms with Crippen LogP contribution in [0.5, 0.6) is 0 Å². The van der Waals surface area contributed by atoms with Crippen molar-refractivity contribution in [1.29, 1.82) is 0 Å². The molecular weight excluding hydrogens is 154 g/mol. The summed E-state index contributed by atoms with van der Waals surface area (Å²) >= 11 is 0. The number of carbonyl (C=O) groups is 1. The number of urea groups is 1. The van der Waals surface area contributed by atoms with E-state index in [1.165, 1.54) is 5.01 Å². The van der Waals surface area contributed by atoms with Gasteiger partial charge >= 0.3 is 6.03 Å². The van der Waals surface area contributed by atoms with Crippen molar-refractivity contribution in [2.45, 2.75) is 39.3 Å². The van der Waals surface area contributed by atoms with Crippen molar-refractivity contribution >= 4 is 12.2 Å². The highest BCUT2D eigenvalue weighted by molar-refractivity contribution is 5.77. The molecule has 0 saturated heterocycles. The molecule has 4 nitrogen and oxygen atoms in total. The number of amides is 2. The van der Waals surface area contributed by atoms with E-state index < -0.39 is 0 Å². The molecule has 0 saturated carbocycles. The molecule has 0 aromatic carbocycles. The van der Waals surface area contributed by atoms with E-state index in [1.54, 1.807) is 6.21 Å². The summed E-state index contributed by atoms with van der Waals surface area (Å²) in [5, 5.41) is 8.24. The van der Waals surface area contributed by atoms with E-state index in [2.05, 4.69) is 10.4 Å². The summed E-state index contributed by atoms with van der Waals surface area (Å²) in [7, 11) is 0. The summed E-state index contributed by atoms with van der Waals surface area (Å²) in [4.78, 5) is 11.4. The smallest absolute Gasteiger partial charge is 0.334 e. The normalized spacial score (nSPS) is 22.0. The van der Waals surface area contributed by atoms with Crippen molar-refractivity contribution in [2.75, 3.05) is 0 Å². The van der Waals surface area contributed by atoms with Gasteiger partial charge in [0.25, 0.3) is 0 Å². The van der Waals surface area contributed by atoms with E-state index in [4.69, 9.17) is 0 Å². The second kappa shape index (κ2) is 3.56. The maximum Gasteiger partial charge on any atom is 0.338 e. The number of rotatable bonds is 1. The molecule has 1 unspecified atom stereocenters. The Morgan fingerprint density at radius 1 is 1.75 bits per heavy atom. The Kier molecular flexibility index (Phi) is 2.68. The predicted molar refractivity (Wildman–Crippen MR) is 48.1 cm³/mol. The van der Waals surface area contributed by atoms with Crippen LogP contribution in [-0.4, -0.2) is 29.3 Å². The third-order valence-electron chi connectivity index (χ3n) is 1.69. The van der Waals surface area contributed by atoms with E-state index in [1.807, 2.05) is 20.8 Å². The van der Waals surface area contributed by atoms with Crippen LogP contribution in [0.1, 0.15) is 27.2 Å². The van der Waals surface area contributed by atoms with Crippen LogP contribution >= 0.6 is 0 Å². The Morgan fingerprint density at radius 2 is 2.42 bits per heavy atom. The summed E-state index contributed by atoms with van der Waals surface area (Å²) < 4.78 is 0. The monoisotopic (exact) mass is 169 g/mol. The fourth-order valence-electron chi connectivity index (χ4n) is 1.07. The van der Waals surface area contributed by atoms with Crippen molar-refractivity contribution in [2.24, 2.45) is 5.10 Å². The summed E-state index contributed by atoms with van der Waals surface area (Å²) in [5.41, 5.74) is 0. The molecule has 1 heterocycles. The molecule has 0 aromatic heterocycles. The van der Waals surface area contributed by atoms with Gasteiger partial charge in [-0.25, -0.2) is 9.80 Å². The minimum Gasteiger partial charge on any atom is -0.334 e. The van der Waals surface area contributed by atoms with Crippen molar-refractivity contribution in [3.63, 3.8) is 0 Å². The molecule has 0 spiro atoms. The molecule has 1 N–H and O–H groups in total. The van der Waals surface area contributed by atoms with E-state index in [-0.39, 0.29) is 18.1 Å². The largest absolute Gasteiger partial charge is 0.338 e. The molecule has 0 bridgehead atoms. The topological polar surface area (TPSA) is 44.7 Å².